The summed E-state index contributed by atoms with van der Waals surface area (Å²) >= 11 is 0. The molecule has 138 valence electrons. The lowest BCUT2D eigenvalue weighted by molar-refractivity contribution is 0.124. The minimum Gasteiger partial charge on any atom is -0.508 e. The van der Waals surface area contributed by atoms with E-state index in [1.54, 1.807) is 0 Å². The lowest BCUT2D eigenvalue weighted by Crippen LogP contribution is -2.46. The number of nitrogens with one attached hydrogen (secondary N) is 1. The maximum Gasteiger partial charge on any atom is 0.121 e. The minimum atomic E-state index is 0. The topological polar surface area (TPSA) is 35.5 Å². The van der Waals surface area contributed by atoms with Crippen molar-refractivity contribution in [1.82, 2.24) is 10.2 Å². The molecule has 1 aliphatic heterocycles. The van der Waals surface area contributed by atoms with E-state index in [1.807, 2.05) is 12.1 Å². The van der Waals surface area contributed by atoms with Gasteiger partial charge in [-0.15, -0.1) is 24.8 Å². The fraction of sp³-hybridized carbons (Fsp3) is 0.500. The van der Waals surface area contributed by atoms with Gasteiger partial charge < -0.3 is 10.4 Å². The molecule has 0 unspecified atom stereocenters. The summed E-state index contributed by atoms with van der Waals surface area (Å²) in [4.78, 5) is 2.61. The average Bonchev–Trinajstić information content (AvgIpc) is 3.12. The van der Waals surface area contributed by atoms with E-state index in [-0.39, 0.29) is 24.8 Å². The van der Waals surface area contributed by atoms with Crippen LogP contribution < -0.4 is 5.32 Å². The fourth-order valence-electron chi connectivity index (χ4n) is 4.54. The summed E-state index contributed by atoms with van der Waals surface area (Å²) < 4.78 is 0. The molecule has 2 fully saturated rings. The molecule has 2 aromatic carbocycles. The number of benzene rings is 2. The van der Waals surface area contributed by atoms with E-state index in [9.17, 15) is 5.11 Å². The summed E-state index contributed by atoms with van der Waals surface area (Å²) in [5.74, 6) is 1.14. The monoisotopic (exact) mass is 382 g/mol. The van der Waals surface area contributed by atoms with Gasteiger partial charge >= 0.3 is 0 Å². The quantitative estimate of drug-likeness (QED) is 0.818. The third-order valence-corrected chi connectivity index (χ3v) is 5.63. The van der Waals surface area contributed by atoms with Crippen LogP contribution in [0.1, 0.15) is 37.3 Å². The van der Waals surface area contributed by atoms with Crippen LogP contribution in [0.15, 0.2) is 36.4 Å². The van der Waals surface area contributed by atoms with Gasteiger partial charge in [-0.2, -0.15) is 0 Å². The molecule has 2 aliphatic rings. The van der Waals surface area contributed by atoms with Gasteiger partial charge in [0, 0.05) is 37.8 Å². The molecular weight excluding hydrogens is 355 g/mol. The average molecular weight is 383 g/mol. The summed E-state index contributed by atoms with van der Waals surface area (Å²) in [6.45, 7) is 4.25. The molecule has 1 atom stereocenters. The van der Waals surface area contributed by atoms with Gasteiger partial charge in [0.25, 0.3) is 0 Å². The smallest absolute Gasteiger partial charge is 0.121 e. The molecule has 0 amide bonds. The van der Waals surface area contributed by atoms with Crippen LogP contribution in [-0.2, 0) is 0 Å². The van der Waals surface area contributed by atoms with E-state index in [0.717, 1.165) is 31.7 Å². The van der Waals surface area contributed by atoms with Crippen LogP contribution >= 0.6 is 24.8 Å². The van der Waals surface area contributed by atoms with Gasteiger partial charge in [-0.25, -0.2) is 0 Å². The Bertz CT molecular complexity index is 682. The third-order valence-electron chi connectivity index (χ3n) is 5.63. The van der Waals surface area contributed by atoms with Crippen molar-refractivity contribution in [3.8, 4) is 5.75 Å². The second-order valence-electron chi connectivity index (χ2n) is 6.99. The maximum atomic E-state index is 10.7. The Balaban J connectivity index is 0.00000113. The number of rotatable bonds is 3. The maximum absolute atomic E-state index is 10.7. The highest BCUT2D eigenvalue weighted by Gasteiger charge is 2.34. The summed E-state index contributed by atoms with van der Waals surface area (Å²) in [6.07, 6.45) is 5.24. The zero-order valence-corrected chi connectivity index (χ0v) is 16.1. The van der Waals surface area contributed by atoms with E-state index in [1.165, 1.54) is 36.5 Å². The number of piperazine rings is 1. The number of phenolic OH excluding ortho intramolecular Hbond substituents is 1. The number of fused-ring (bicyclic) bond motifs is 1. The van der Waals surface area contributed by atoms with Crippen molar-refractivity contribution in [3.05, 3.63) is 42.0 Å². The van der Waals surface area contributed by atoms with Gasteiger partial charge in [0.1, 0.15) is 5.75 Å². The first kappa shape index (κ1) is 20.3. The Hall–Kier alpha value is -1.00. The van der Waals surface area contributed by atoms with Gasteiger partial charge in [0.05, 0.1) is 0 Å². The van der Waals surface area contributed by atoms with Crippen molar-refractivity contribution < 1.29 is 5.11 Å². The highest BCUT2D eigenvalue weighted by atomic mass is 35.5. The number of nitrogens with zero attached hydrogens (tertiary/aromatic N) is 1. The number of hydrogen-bond acceptors (Lipinski definition) is 3. The lowest BCUT2D eigenvalue weighted by Gasteiger charge is -2.39. The van der Waals surface area contributed by atoms with E-state index in [2.05, 4.69) is 34.5 Å². The van der Waals surface area contributed by atoms with E-state index < -0.39 is 0 Å². The Morgan fingerprint density at radius 2 is 1.64 bits per heavy atom. The van der Waals surface area contributed by atoms with E-state index in [0.29, 0.717) is 17.7 Å². The molecule has 4 rings (SSSR count). The predicted octanol–water partition coefficient (Wildman–Crippen LogP) is 4.53. The van der Waals surface area contributed by atoms with Crippen LogP contribution in [0.3, 0.4) is 0 Å². The SMILES string of the molecule is Cl.Cl.Oc1ccc2ccccc2c1[C@H](C1CCCC1)N1CCNCC1. The van der Waals surface area contributed by atoms with E-state index >= 15 is 0 Å². The molecule has 3 nitrogen and oxygen atoms in total. The summed E-state index contributed by atoms with van der Waals surface area (Å²) in [6, 6.07) is 12.8. The Labute approximate surface area is 162 Å². The molecule has 1 saturated heterocycles. The Morgan fingerprint density at radius 1 is 0.960 bits per heavy atom. The summed E-state index contributed by atoms with van der Waals surface area (Å²) in [5.41, 5.74) is 1.16. The molecular formula is C20H28Cl2N2O. The minimum absolute atomic E-state index is 0. The second kappa shape index (κ2) is 9.09. The van der Waals surface area contributed by atoms with Crippen molar-refractivity contribution in [2.75, 3.05) is 26.2 Å². The lowest BCUT2D eigenvalue weighted by atomic mass is 9.86. The van der Waals surface area contributed by atoms with Crippen LogP contribution in [-0.4, -0.2) is 36.2 Å². The van der Waals surface area contributed by atoms with Gasteiger partial charge in [-0.05, 0) is 35.6 Å². The molecule has 5 heteroatoms. The predicted molar refractivity (Wildman–Crippen MR) is 109 cm³/mol. The number of aromatic hydroxyl groups is 1. The zero-order chi connectivity index (χ0) is 15.6. The molecule has 0 aromatic heterocycles. The Kier molecular flexibility index (Phi) is 7.38. The van der Waals surface area contributed by atoms with Gasteiger partial charge in [-0.3, -0.25) is 4.90 Å². The number of halogens is 2. The second-order valence-corrected chi connectivity index (χ2v) is 6.99. The first-order valence-electron chi connectivity index (χ1n) is 9.00. The van der Waals surface area contributed by atoms with Crippen molar-refractivity contribution in [3.63, 3.8) is 0 Å². The molecule has 1 saturated carbocycles. The molecule has 1 aliphatic carbocycles. The van der Waals surface area contributed by atoms with Gasteiger partial charge in [0.2, 0.25) is 0 Å². The third kappa shape index (κ3) is 4.06. The standard InChI is InChI=1S/C20H26N2O.2ClH/c23-18-10-9-15-5-3-4-8-17(15)19(18)20(16-6-1-2-7-16)22-13-11-21-12-14-22;;/h3-5,8-10,16,20-21,23H,1-2,6-7,11-14H2;2*1H/t20-;;/m0../s1. The first-order valence-corrected chi connectivity index (χ1v) is 9.00. The molecule has 25 heavy (non-hydrogen) atoms. The number of phenols is 1. The van der Waals surface area contributed by atoms with Crippen LogP contribution in [0.25, 0.3) is 10.8 Å². The van der Waals surface area contributed by atoms with Crippen molar-refractivity contribution in [2.24, 2.45) is 5.92 Å². The molecule has 2 N–H and O–H groups in total. The van der Waals surface area contributed by atoms with Gasteiger partial charge in [0.15, 0.2) is 0 Å². The fourth-order valence-corrected chi connectivity index (χ4v) is 4.54. The molecule has 0 radical (unpaired) electrons. The zero-order valence-electron chi connectivity index (χ0n) is 14.5. The molecule has 0 spiro atoms. The highest BCUT2D eigenvalue weighted by Crippen LogP contribution is 2.45. The van der Waals surface area contributed by atoms with E-state index in [4.69, 9.17) is 0 Å². The summed E-state index contributed by atoms with van der Waals surface area (Å²) in [7, 11) is 0. The largest absolute Gasteiger partial charge is 0.508 e. The Morgan fingerprint density at radius 3 is 2.36 bits per heavy atom. The summed E-state index contributed by atoms with van der Waals surface area (Å²) in [5, 5.41) is 16.6. The first-order chi connectivity index (χ1) is 11.3. The highest BCUT2D eigenvalue weighted by molar-refractivity contribution is 5.88. The van der Waals surface area contributed by atoms with Crippen molar-refractivity contribution >= 4 is 35.6 Å². The molecule has 2 aromatic rings. The van der Waals surface area contributed by atoms with Crippen LogP contribution in [0, 0.1) is 5.92 Å². The normalized spacial score (nSPS) is 20.0. The number of hydrogen-bond donors (Lipinski definition) is 2. The van der Waals surface area contributed by atoms with Crippen LogP contribution in [0.2, 0.25) is 0 Å². The van der Waals surface area contributed by atoms with Crippen LogP contribution in [0.4, 0.5) is 0 Å². The van der Waals surface area contributed by atoms with Gasteiger partial charge in [-0.1, -0.05) is 43.2 Å². The molecule has 0 bridgehead atoms. The molecule has 1 heterocycles. The van der Waals surface area contributed by atoms with Crippen molar-refractivity contribution in [1.29, 1.82) is 0 Å². The van der Waals surface area contributed by atoms with Crippen LogP contribution in [0.5, 0.6) is 5.75 Å². The van der Waals surface area contributed by atoms with Crippen molar-refractivity contribution in [2.45, 2.75) is 31.7 Å².